The molecule has 6 heteroatoms. The third-order valence-corrected chi connectivity index (χ3v) is 4.79. The zero-order valence-corrected chi connectivity index (χ0v) is 16.2. The van der Waals surface area contributed by atoms with Crippen molar-refractivity contribution in [2.45, 2.75) is 24.3 Å². The van der Waals surface area contributed by atoms with E-state index in [4.69, 9.17) is 21.1 Å². The Bertz CT molecular complexity index is 872. The molecular formula is C20H19ClN2O2S. The van der Waals surface area contributed by atoms with Crippen molar-refractivity contribution in [1.29, 1.82) is 0 Å². The molecule has 3 aromatic rings. The lowest BCUT2D eigenvalue weighted by atomic mass is 10.2. The second kappa shape index (κ2) is 8.92. The van der Waals surface area contributed by atoms with E-state index < -0.39 is 0 Å². The van der Waals surface area contributed by atoms with Gasteiger partial charge in [-0.05, 0) is 48.4 Å². The molecule has 0 radical (unpaired) electrons. The third-order valence-electron chi connectivity index (χ3n) is 3.64. The number of aryl methyl sites for hydroxylation is 1. The summed E-state index contributed by atoms with van der Waals surface area (Å²) in [7, 11) is 1.64. The van der Waals surface area contributed by atoms with E-state index in [1.54, 1.807) is 18.9 Å². The van der Waals surface area contributed by atoms with E-state index in [2.05, 4.69) is 16.9 Å². The van der Waals surface area contributed by atoms with E-state index in [-0.39, 0.29) is 0 Å². The lowest BCUT2D eigenvalue weighted by Gasteiger charge is -2.09. The van der Waals surface area contributed by atoms with Crippen molar-refractivity contribution in [2.24, 2.45) is 0 Å². The second-order valence-electron chi connectivity index (χ2n) is 5.53. The maximum atomic E-state index is 6.04. The Morgan fingerprint density at radius 2 is 1.77 bits per heavy atom. The molecule has 4 nitrogen and oxygen atoms in total. The van der Waals surface area contributed by atoms with Gasteiger partial charge in [0.2, 0.25) is 5.88 Å². The maximum Gasteiger partial charge on any atom is 0.223 e. The Labute approximate surface area is 162 Å². The molecule has 0 saturated carbocycles. The Kier molecular flexibility index (Phi) is 6.36. The zero-order valence-electron chi connectivity index (χ0n) is 14.6. The zero-order chi connectivity index (χ0) is 18.4. The van der Waals surface area contributed by atoms with E-state index in [0.717, 1.165) is 34.2 Å². The van der Waals surface area contributed by atoms with E-state index in [9.17, 15) is 0 Å². The van der Waals surface area contributed by atoms with Crippen LogP contribution in [0.2, 0.25) is 5.02 Å². The van der Waals surface area contributed by atoms with Gasteiger partial charge in [0.25, 0.3) is 0 Å². The normalized spacial score (nSPS) is 10.6. The minimum Gasteiger partial charge on any atom is -0.497 e. The number of hydrogen-bond acceptors (Lipinski definition) is 5. The van der Waals surface area contributed by atoms with Gasteiger partial charge in [0.1, 0.15) is 11.5 Å². The van der Waals surface area contributed by atoms with Gasteiger partial charge in [0.05, 0.1) is 7.11 Å². The maximum absolute atomic E-state index is 6.04. The second-order valence-corrected chi connectivity index (χ2v) is 6.91. The van der Waals surface area contributed by atoms with Gasteiger partial charge in [0.15, 0.2) is 5.16 Å². The van der Waals surface area contributed by atoms with Gasteiger partial charge in [-0.2, -0.15) is 4.98 Å². The van der Waals surface area contributed by atoms with E-state index in [0.29, 0.717) is 16.8 Å². The molecule has 0 aliphatic heterocycles. The highest BCUT2D eigenvalue weighted by Gasteiger charge is 2.08. The average Bonchev–Trinajstić information content (AvgIpc) is 2.67. The smallest absolute Gasteiger partial charge is 0.223 e. The van der Waals surface area contributed by atoms with Crippen LogP contribution in [0, 0.1) is 0 Å². The van der Waals surface area contributed by atoms with Crippen LogP contribution in [0.5, 0.6) is 17.4 Å². The molecule has 0 amide bonds. The van der Waals surface area contributed by atoms with Crippen molar-refractivity contribution in [1.82, 2.24) is 9.97 Å². The summed E-state index contributed by atoms with van der Waals surface area (Å²) < 4.78 is 11.1. The number of ether oxygens (including phenoxy) is 2. The summed E-state index contributed by atoms with van der Waals surface area (Å²) in [5.41, 5.74) is 2.07. The molecule has 1 heterocycles. The van der Waals surface area contributed by atoms with Crippen molar-refractivity contribution in [2.75, 3.05) is 7.11 Å². The fourth-order valence-corrected chi connectivity index (χ4v) is 3.31. The van der Waals surface area contributed by atoms with Gasteiger partial charge >= 0.3 is 0 Å². The SMILES string of the molecule is CCc1cc(Oc2ccc(OC)cc2)nc(SCc2cccc(Cl)c2)n1. The molecule has 0 aliphatic carbocycles. The molecule has 0 bridgehead atoms. The molecule has 2 aromatic carbocycles. The first-order chi connectivity index (χ1) is 12.7. The lowest BCUT2D eigenvalue weighted by Crippen LogP contribution is -1.97. The third kappa shape index (κ3) is 5.13. The summed E-state index contributed by atoms with van der Waals surface area (Å²) in [6.07, 6.45) is 0.812. The average molecular weight is 387 g/mol. The minimum absolute atomic E-state index is 0.538. The van der Waals surface area contributed by atoms with Crippen LogP contribution in [0.25, 0.3) is 0 Å². The van der Waals surface area contributed by atoms with Gasteiger partial charge < -0.3 is 9.47 Å². The molecular weight excluding hydrogens is 368 g/mol. The highest BCUT2D eigenvalue weighted by atomic mass is 35.5. The standard InChI is InChI=1S/C20H19ClN2O2S/c1-3-16-12-19(25-18-9-7-17(24-2)8-10-18)23-20(22-16)26-13-14-5-4-6-15(21)11-14/h4-12H,3,13H2,1-2H3. The number of rotatable bonds is 7. The number of aromatic nitrogens is 2. The number of hydrogen-bond donors (Lipinski definition) is 0. The Morgan fingerprint density at radius 1 is 1.00 bits per heavy atom. The van der Waals surface area contributed by atoms with E-state index in [1.807, 2.05) is 54.6 Å². The van der Waals surface area contributed by atoms with Crippen LogP contribution in [-0.2, 0) is 12.2 Å². The van der Waals surface area contributed by atoms with Crippen LogP contribution in [0.1, 0.15) is 18.2 Å². The fraction of sp³-hybridized carbons (Fsp3) is 0.200. The molecule has 0 unspecified atom stereocenters. The summed E-state index contributed by atoms with van der Waals surface area (Å²) in [5.74, 6) is 2.77. The van der Waals surface area contributed by atoms with E-state index in [1.165, 1.54) is 0 Å². The molecule has 0 aliphatic rings. The Balaban J connectivity index is 1.74. The first-order valence-electron chi connectivity index (χ1n) is 8.23. The van der Waals surface area contributed by atoms with Crippen molar-refractivity contribution < 1.29 is 9.47 Å². The van der Waals surface area contributed by atoms with Gasteiger partial charge in [0, 0.05) is 22.5 Å². The van der Waals surface area contributed by atoms with Gasteiger partial charge in [-0.3, -0.25) is 0 Å². The summed E-state index contributed by atoms with van der Waals surface area (Å²) in [6.45, 7) is 2.06. The monoisotopic (exact) mass is 386 g/mol. The lowest BCUT2D eigenvalue weighted by molar-refractivity contribution is 0.411. The highest BCUT2D eigenvalue weighted by molar-refractivity contribution is 7.98. The molecule has 134 valence electrons. The fourth-order valence-electron chi connectivity index (χ4n) is 2.29. The first kappa shape index (κ1) is 18.5. The van der Waals surface area contributed by atoms with E-state index >= 15 is 0 Å². The van der Waals surface area contributed by atoms with Crippen LogP contribution in [0.4, 0.5) is 0 Å². The number of thioether (sulfide) groups is 1. The molecule has 0 spiro atoms. The molecule has 1 aromatic heterocycles. The van der Waals surface area contributed by atoms with Crippen LogP contribution >= 0.6 is 23.4 Å². The van der Waals surface area contributed by atoms with Gasteiger partial charge in [-0.15, -0.1) is 0 Å². The number of halogens is 1. The highest BCUT2D eigenvalue weighted by Crippen LogP contribution is 2.27. The first-order valence-corrected chi connectivity index (χ1v) is 9.59. The number of methoxy groups -OCH3 is 1. The molecule has 26 heavy (non-hydrogen) atoms. The molecule has 0 atom stereocenters. The van der Waals surface area contributed by atoms with Crippen molar-refractivity contribution in [3.05, 3.63) is 70.9 Å². The van der Waals surface area contributed by atoms with Crippen molar-refractivity contribution in [3.63, 3.8) is 0 Å². The van der Waals surface area contributed by atoms with Gasteiger partial charge in [-0.1, -0.05) is 42.4 Å². The van der Waals surface area contributed by atoms with Crippen LogP contribution in [0.3, 0.4) is 0 Å². The van der Waals surface area contributed by atoms with Crippen LogP contribution in [-0.4, -0.2) is 17.1 Å². The van der Waals surface area contributed by atoms with Crippen molar-refractivity contribution in [3.8, 4) is 17.4 Å². The largest absolute Gasteiger partial charge is 0.497 e. The minimum atomic E-state index is 0.538. The Hall–Kier alpha value is -2.24. The molecule has 0 N–H and O–H groups in total. The van der Waals surface area contributed by atoms with Crippen LogP contribution < -0.4 is 9.47 Å². The van der Waals surface area contributed by atoms with Gasteiger partial charge in [-0.25, -0.2) is 4.98 Å². The number of benzene rings is 2. The summed E-state index contributed by atoms with van der Waals surface area (Å²) in [4.78, 5) is 9.10. The predicted molar refractivity (Wildman–Crippen MR) is 105 cm³/mol. The molecule has 3 rings (SSSR count). The molecule has 0 saturated heterocycles. The topological polar surface area (TPSA) is 44.2 Å². The molecule has 0 fully saturated rings. The predicted octanol–water partition coefficient (Wildman–Crippen LogP) is 5.79. The summed E-state index contributed by atoms with van der Waals surface area (Å²) in [5, 5.41) is 1.42. The van der Waals surface area contributed by atoms with Crippen molar-refractivity contribution >= 4 is 23.4 Å². The summed E-state index contributed by atoms with van der Waals surface area (Å²) >= 11 is 7.60. The Morgan fingerprint density at radius 3 is 2.46 bits per heavy atom. The van der Waals surface area contributed by atoms with Crippen LogP contribution in [0.15, 0.2) is 59.8 Å². The summed E-state index contributed by atoms with van der Waals surface area (Å²) in [6, 6.07) is 17.1. The number of nitrogens with zero attached hydrogens (tertiary/aromatic N) is 2. The quantitative estimate of drug-likeness (QED) is 0.380.